The van der Waals surface area contributed by atoms with Crippen molar-refractivity contribution < 1.29 is 27.9 Å². The van der Waals surface area contributed by atoms with Crippen LogP contribution in [0, 0.1) is 0 Å². The lowest BCUT2D eigenvalue weighted by Crippen LogP contribution is -2.29. The fourth-order valence-electron chi connectivity index (χ4n) is 5.62. The smallest absolute Gasteiger partial charge is 0.331 e. The normalized spacial score (nSPS) is 20.1. The Morgan fingerprint density at radius 1 is 0.688 bits per heavy atom. The molecule has 6 nitrogen and oxygen atoms in total. The van der Waals surface area contributed by atoms with Gasteiger partial charge >= 0.3 is 11.9 Å². The van der Waals surface area contributed by atoms with Crippen molar-refractivity contribution in [2.45, 2.75) is 62.6 Å². The minimum absolute atomic E-state index is 0.544. The Hall–Kier alpha value is -3.28. The van der Waals surface area contributed by atoms with Crippen molar-refractivity contribution >= 4 is 34.3 Å². The number of carbonyl (C=O) groups is 2. The zero-order valence-corrected chi connectivity index (χ0v) is 17.7. The molecule has 164 valence electrons. The highest BCUT2D eigenvalue weighted by Gasteiger charge is 2.43. The first kappa shape index (κ1) is 19.4. The van der Waals surface area contributed by atoms with Crippen LogP contribution in [-0.4, -0.2) is 11.9 Å². The number of carbonyl (C=O) groups excluding carboxylic acids is 2. The van der Waals surface area contributed by atoms with Gasteiger partial charge in [0.25, 0.3) is 0 Å². The van der Waals surface area contributed by atoms with Gasteiger partial charge in [-0.1, -0.05) is 0 Å². The molecule has 0 saturated heterocycles. The van der Waals surface area contributed by atoms with Crippen molar-refractivity contribution in [1.82, 2.24) is 0 Å². The van der Waals surface area contributed by atoms with E-state index < -0.39 is 23.1 Å². The molecule has 4 heterocycles. The van der Waals surface area contributed by atoms with E-state index in [2.05, 4.69) is 0 Å². The molecule has 6 heteroatoms. The van der Waals surface area contributed by atoms with Crippen LogP contribution in [0.5, 0.6) is 0 Å². The SMILES string of the molecule is O=C(/C=C\C(=O)OC1(c2cc3ccc2o3)CCCC1)OC1(c2cc3ccc2o3)CCCC1. The fraction of sp³-hybridized carbons (Fsp3) is 0.385. The molecular formula is C26H24O6. The molecule has 4 bridgehead atoms. The molecule has 2 saturated carbocycles. The molecule has 0 aromatic carbocycles. The minimum atomic E-state index is -0.689. The second kappa shape index (κ2) is 7.12. The monoisotopic (exact) mass is 432 g/mol. The molecular weight excluding hydrogens is 408 g/mol. The number of hydrogen-bond donors (Lipinski definition) is 0. The Labute approximate surface area is 184 Å². The highest BCUT2D eigenvalue weighted by Crippen LogP contribution is 2.47. The molecule has 0 radical (unpaired) electrons. The van der Waals surface area contributed by atoms with Crippen molar-refractivity contribution in [2.24, 2.45) is 0 Å². The van der Waals surface area contributed by atoms with E-state index in [4.69, 9.17) is 18.3 Å². The van der Waals surface area contributed by atoms with Crippen molar-refractivity contribution in [3.05, 3.63) is 59.7 Å². The summed E-state index contributed by atoms with van der Waals surface area (Å²) in [6.45, 7) is 0. The molecule has 6 rings (SSSR count). The molecule has 0 N–H and O–H groups in total. The van der Waals surface area contributed by atoms with Gasteiger partial charge in [0.05, 0.1) is 0 Å². The third-order valence-electron chi connectivity index (χ3n) is 7.11. The largest absolute Gasteiger partial charge is 0.457 e. The van der Waals surface area contributed by atoms with Gasteiger partial charge in [-0.15, -0.1) is 0 Å². The maximum absolute atomic E-state index is 12.7. The Morgan fingerprint density at radius 2 is 1.09 bits per heavy atom. The van der Waals surface area contributed by atoms with Crippen LogP contribution >= 0.6 is 0 Å². The van der Waals surface area contributed by atoms with Gasteiger partial charge in [-0.05, 0) is 87.8 Å². The summed E-state index contributed by atoms with van der Waals surface area (Å²) < 4.78 is 23.2. The van der Waals surface area contributed by atoms with Gasteiger partial charge in [-0.3, -0.25) is 0 Å². The van der Waals surface area contributed by atoms with E-state index >= 15 is 0 Å². The van der Waals surface area contributed by atoms with Crippen molar-refractivity contribution in [3.8, 4) is 0 Å². The predicted octanol–water partition coefficient (Wildman–Crippen LogP) is 5.94. The number of hydrogen-bond acceptors (Lipinski definition) is 6. The van der Waals surface area contributed by atoms with Crippen molar-refractivity contribution in [2.75, 3.05) is 0 Å². The lowest BCUT2D eigenvalue weighted by atomic mass is 9.91. The third kappa shape index (κ3) is 3.08. The lowest BCUT2D eigenvalue weighted by molar-refractivity contribution is -0.157. The summed E-state index contributed by atoms with van der Waals surface area (Å²) in [5, 5.41) is 0. The summed E-state index contributed by atoms with van der Waals surface area (Å²) >= 11 is 0. The van der Waals surface area contributed by atoms with E-state index in [1.54, 1.807) is 0 Å². The topological polar surface area (TPSA) is 78.9 Å². The van der Waals surface area contributed by atoms with Crippen LogP contribution in [-0.2, 0) is 30.3 Å². The van der Waals surface area contributed by atoms with Crippen LogP contribution in [0.1, 0.15) is 62.5 Å². The molecule has 0 unspecified atom stereocenters. The van der Waals surface area contributed by atoms with E-state index in [1.165, 1.54) is 12.2 Å². The zero-order valence-electron chi connectivity index (χ0n) is 17.7. The average molecular weight is 432 g/mol. The van der Waals surface area contributed by atoms with Gasteiger partial charge in [-0.2, -0.15) is 0 Å². The maximum atomic E-state index is 12.7. The first-order valence-corrected chi connectivity index (χ1v) is 11.3. The summed E-state index contributed by atoms with van der Waals surface area (Å²) in [6.07, 6.45) is 9.28. The third-order valence-corrected chi connectivity index (χ3v) is 7.11. The van der Waals surface area contributed by atoms with E-state index in [9.17, 15) is 9.59 Å². The highest BCUT2D eigenvalue weighted by atomic mass is 16.6. The average Bonchev–Trinajstić information content (AvgIpc) is 3.60. The molecule has 2 aliphatic carbocycles. The predicted molar refractivity (Wildman–Crippen MR) is 116 cm³/mol. The first-order chi connectivity index (χ1) is 15.6. The number of rotatable bonds is 6. The Bertz CT molecular complexity index is 1180. The van der Waals surface area contributed by atoms with Crippen LogP contribution in [0.4, 0.5) is 0 Å². The molecule has 2 fully saturated rings. The molecule has 4 aromatic heterocycles. The van der Waals surface area contributed by atoms with Gasteiger partial charge in [0.1, 0.15) is 33.5 Å². The van der Waals surface area contributed by atoms with Gasteiger partial charge in [-0.25, -0.2) is 9.59 Å². The first-order valence-electron chi connectivity index (χ1n) is 11.3. The number of fused-ring (bicyclic) bond motifs is 4. The Balaban J connectivity index is 1.17. The molecule has 0 aliphatic heterocycles. The molecule has 0 amide bonds. The summed E-state index contributed by atoms with van der Waals surface area (Å²) in [4.78, 5) is 25.4. The quantitative estimate of drug-likeness (QED) is 0.277. The van der Waals surface area contributed by atoms with Crippen molar-refractivity contribution in [1.29, 1.82) is 0 Å². The van der Waals surface area contributed by atoms with E-state index in [1.807, 2.05) is 36.4 Å². The zero-order chi connectivity index (χ0) is 21.8. The van der Waals surface area contributed by atoms with Gasteiger partial charge < -0.3 is 18.3 Å². The second-order valence-electron chi connectivity index (χ2n) is 9.10. The number of benzene rings is 2. The molecule has 2 aliphatic rings. The minimum Gasteiger partial charge on any atom is -0.457 e. The van der Waals surface area contributed by atoms with Crippen LogP contribution in [0.3, 0.4) is 0 Å². The summed E-state index contributed by atoms with van der Waals surface area (Å²) in [7, 11) is 0. The van der Waals surface area contributed by atoms with Crippen LogP contribution in [0.15, 0.2) is 57.4 Å². The number of esters is 2. The summed E-state index contributed by atoms with van der Waals surface area (Å²) in [5.74, 6) is -1.09. The Morgan fingerprint density at radius 3 is 1.41 bits per heavy atom. The standard InChI is InChI=1S/C26H24O6/c27-23(31-25(11-1-2-12-25)19-15-17-5-7-21(19)29-17)9-10-24(28)32-26(13-3-4-14-26)20-16-18-6-8-22(20)30-18/h5-10,15-16H,1-4,11-14H2/b10-9-. The molecule has 0 spiro atoms. The lowest BCUT2D eigenvalue weighted by Gasteiger charge is -2.28. The van der Waals surface area contributed by atoms with Crippen molar-refractivity contribution in [3.63, 3.8) is 0 Å². The van der Waals surface area contributed by atoms with E-state index in [0.717, 1.165) is 84.8 Å². The maximum Gasteiger partial charge on any atom is 0.331 e. The number of ether oxygens (including phenoxy) is 2. The Kier molecular flexibility index (Phi) is 4.32. The van der Waals surface area contributed by atoms with E-state index in [-0.39, 0.29) is 0 Å². The molecule has 0 atom stereocenters. The fourth-order valence-corrected chi connectivity index (χ4v) is 5.62. The van der Waals surface area contributed by atoms with Gasteiger partial charge in [0.15, 0.2) is 0 Å². The van der Waals surface area contributed by atoms with Crippen LogP contribution < -0.4 is 0 Å². The summed E-state index contributed by atoms with van der Waals surface area (Å²) in [5.41, 5.74) is 3.54. The van der Waals surface area contributed by atoms with Crippen LogP contribution in [0.25, 0.3) is 22.3 Å². The van der Waals surface area contributed by atoms with Gasteiger partial charge in [0.2, 0.25) is 0 Å². The molecule has 32 heavy (non-hydrogen) atoms. The molecule has 4 aromatic rings. The highest BCUT2D eigenvalue weighted by molar-refractivity contribution is 5.92. The number of furan rings is 4. The van der Waals surface area contributed by atoms with Crippen LogP contribution in [0.2, 0.25) is 0 Å². The summed E-state index contributed by atoms with van der Waals surface area (Å²) in [6, 6.07) is 11.5. The van der Waals surface area contributed by atoms with Gasteiger partial charge in [0, 0.05) is 23.3 Å². The second-order valence-corrected chi connectivity index (χ2v) is 9.10. The van der Waals surface area contributed by atoms with E-state index in [0.29, 0.717) is 0 Å².